The average molecular weight is 190 g/mol. The Balaban J connectivity index is 1.96. The monoisotopic (exact) mass is 190 g/mol. The molecular weight excluding hydrogens is 179 g/mol. The third kappa shape index (κ3) is 3.16. The summed E-state index contributed by atoms with van der Waals surface area (Å²) in [6, 6.07) is 18.3. The second-order valence-electron chi connectivity index (χ2n) is 3.59. The van der Waals surface area contributed by atoms with Crippen molar-refractivity contribution in [2.45, 2.75) is 6.61 Å². The van der Waals surface area contributed by atoms with Crippen LogP contribution in [0, 0.1) is 0 Å². The van der Waals surface area contributed by atoms with Crippen molar-refractivity contribution in [1.29, 1.82) is 0 Å². The molecule has 1 nitrogen and oxygen atoms in total. The fraction of sp³-hybridized carbons (Fsp3) is 0.0769. The van der Waals surface area contributed by atoms with E-state index in [9.17, 15) is 0 Å². The Kier molecular flexibility index (Phi) is 3.50. The van der Waals surface area contributed by atoms with E-state index in [1.54, 1.807) is 0 Å². The van der Waals surface area contributed by atoms with Gasteiger partial charge in [-0.2, -0.15) is 0 Å². The van der Waals surface area contributed by atoms with Gasteiger partial charge in [-0.15, -0.1) is 0 Å². The molecule has 0 atom stereocenters. The molecule has 0 bridgehead atoms. The van der Waals surface area contributed by atoms with Crippen LogP contribution in [0.1, 0.15) is 5.56 Å². The van der Waals surface area contributed by atoms with Crippen molar-refractivity contribution < 1.29 is 4.74 Å². The Labute approximate surface area is 99.3 Å². The molecule has 2 aromatic rings. The second-order valence-corrected chi connectivity index (χ2v) is 3.59. The summed E-state index contributed by atoms with van der Waals surface area (Å²) in [6.07, 6.45) is 0. The van der Waals surface area contributed by atoms with Gasteiger partial charge in [0, 0.05) is 0 Å². The molecule has 0 amide bonds. The molecule has 0 heterocycles. The van der Waals surface area contributed by atoms with E-state index in [4.69, 9.17) is 4.74 Å². The third-order valence-electron chi connectivity index (χ3n) is 2.27. The molecule has 0 saturated heterocycles. The first-order valence-corrected chi connectivity index (χ1v) is 5.08. The van der Waals surface area contributed by atoms with Gasteiger partial charge in [0.25, 0.3) is 0 Å². The number of benzene rings is 2. The Morgan fingerprint density at radius 2 is 1.53 bits per heavy atom. The summed E-state index contributed by atoms with van der Waals surface area (Å²) < 4.78 is 6.90. The van der Waals surface area contributed by atoms with Crippen LogP contribution in [-0.4, -0.2) is 17.7 Å². The van der Waals surface area contributed by atoms with E-state index in [0.29, 0.717) is 6.61 Å². The summed E-state index contributed by atoms with van der Waals surface area (Å²) in [6.45, 7) is 0.629. The van der Waals surface area contributed by atoms with E-state index in [1.807, 2.05) is 30.3 Å². The predicted molar refractivity (Wildman–Crippen MR) is 62.6 cm³/mol. The summed E-state index contributed by atoms with van der Waals surface area (Å²) in [7, 11) is 0. The number of rotatable bonds is 3. The topological polar surface area (TPSA) is 9.23 Å². The summed E-state index contributed by atoms with van der Waals surface area (Å²) in [5.41, 5.74) is 1.19. The molecule has 15 heavy (non-hydrogen) atoms. The maximum atomic E-state index is 5.65. The molecule has 0 spiro atoms. The van der Waals surface area contributed by atoms with Gasteiger partial charge < -0.3 is 0 Å². The van der Waals surface area contributed by atoms with Gasteiger partial charge in [-0.1, -0.05) is 0 Å². The zero-order valence-corrected chi connectivity index (χ0v) is 8.81. The van der Waals surface area contributed by atoms with Crippen LogP contribution in [-0.2, 0) is 6.61 Å². The van der Waals surface area contributed by atoms with Crippen LogP contribution in [0.5, 0.6) is 5.75 Å². The first-order chi connectivity index (χ1) is 7.34. The van der Waals surface area contributed by atoms with Gasteiger partial charge in [0.2, 0.25) is 0 Å². The molecule has 0 fully saturated rings. The van der Waals surface area contributed by atoms with Crippen molar-refractivity contribution in [3.63, 3.8) is 0 Å². The van der Waals surface area contributed by atoms with Gasteiger partial charge in [0.1, 0.15) is 0 Å². The van der Waals surface area contributed by atoms with Crippen molar-refractivity contribution in [1.82, 2.24) is 0 Å². The van der Waals surface area contributed by atoms with Crippen molar-refractivity contribution in [2.24, 2.45) is 0 Å². The molecule has 70 valence electrons. The van der Waals surface area contributed by atoms with Gasteiger partial charge in [-0.05, 0) is 0 Å². The van der Waals surface area contributed by atoms with Gasteiger partial charge in [-0.25, -0.2) is 0 Å². The van der Waals surface area contributed by atoms with E-state index in [1.165, 1.54) is 9.80 Å². The second kappa shape index (κ2) is 5.07. The molecule has 0 N–H and O–H groups in total. The zero-order chi connectivity index (χ0) is 10.5. The van der Waals surface area contributed by atoms with Crippen molar-refractivity contribution in [3.05, 3.63) is 60.2 Å². The van der Waals surface area contributed by atoms with Crippen LogP contribution in [0.25, 0.3) is 0 Å². The molecule has 0 saturated carbocycles. The van der Waals surface area contributed by atoms with Crippen LogP contribution in [0.2, 0.25) is 0 Å². The third-order valence-corrected chi connectivity index (χ3v) is 2.27. The summed E-state index contributed by atoms with van der Waals surface area (Å²) >= 11 is 2.07. The van der Waals surface area contributed by atoms with Crippen molar-refractivity contribution in [3.8, 4) is 5.75 Å². The number of hydrogen-bond acceptors (Lipinski definition) is 1. The van der Waals surface area contributed by atoms with E-state index in [2.05, 4.69) is 42.0 Å². The summed E-state index contributed by atoms with van der Waals surface area (Å²) in [5.74, 6) is 0.921. The van der Waals surface area contributed by atoms with Crippen LogP contribution >= 0.6 is 0 Å². The Morgan fingerprint density at radius 1 is 0.867 bits per heavy atom. The van der Waals surface area contributed by atoms with Crippen LogP contribution in [0.3, 0.4) is 0 Å². The number of ether oxygens (including phenoxy) is 1. The Hall–Kier alpha value is -1.16. The SMILES string of the molecule is [Li][c]1ccc(OCc2ccccc2)cc1. The predicted octanol–water partition coefficient (Wildman–Crippen LogP) is 2.06. The van der Waals surface area contributed by atoms with Crippen LogP contribution in [0.15, 0.2) is 54.6 Å². The molecular formula is C13H11LiO. The molecule has 0 aliphatic carbocycles. The average Bonchev–Trinajstić information content (AvgIpc) is 2.30. The first-order valence-electron chi connectivity index (χ1n) is 5.08. The zero-order valence-electron chi connectivity index (χ0n) is 8.81. The molecule has 0 unspecified atom stereocenters. The quantitative estimate of drug-likeness (QED) is 0.673. The standard InChI is InChI=1S/C13H11O.Li/c1-3-7-12(8-4-1)11-14-13-9-5-2-6-10-13;/h1,3-10H,11H2;. The van der Waals surface area contributed by atoms with E-state index in [-0.39, 0.29) is 0 Å². The summed E-state index contributed by atoms with van der Waals surface area (Å²) in [4.78, 5) is 0. The molecule has 0 aliphatic rings. The molecule has 2 heteroatoms. The van der Waals surface area contributed by atoms with Crippen LogP contribution < -0.4 is 8.97 Å². The number of hydrogen-bond donors (Lipinski definition) is 0. The van der Waals surface area contributed by atoms with Gasteiger partial charge in [0.05, 0.1) is 0 Å². The van der Waals surface area contributed by atoms with E-state index < -0.39 is 0 Å². The van der Waals surface area contributed by atoms with E-state index in [0.717, 1.165) is 5.75 Å². The fourth-order valence-corrected chi connectivity index (χ4v) is 1.38. The van der Waals surface area contributed by atoms with Gasteiger partial charge >= 0.3 is 99.2 Å². The molecule has 0 aromatic heterocycles. The molecule has 0 radical (unpaired) electrons. The normalized spacial score (nSPS) is 10.0. The van der Waals surface area contributed by atoms with Gasteiger partial charge in [-0.3, -0.25) is 0 Å². The van der Waals surface area contributed by atoms with Crippen molar-refractivity contribution >= 4 is 22.0 Å². The van der Waals surface area contributed by atoms with Crippen molar-refractivity contribution in [2.75, 3.05) is 0 Å². The first kappa shape index (κ1) is 10.4. The Bertz CT molecular complexity index is 408. The minimum absolute atomic E-state index is 0.629. The van der Waals surface area contributed by atoms with Crippen LogP contribution in [0.4, 0.5) is 0 Å². The maximum absolute atomic E-state index is 5.65. The van der Waals surface area contributed by atoms with Gasteiger partial charge in [0.15, 0.2) is 0 Å². The minimum atomic E-state index is 0.629. The molecule has 2 rings (SSSR count). The van der Waals surface area contributed by atoms with E-state index >= 15 is 0 Å². The fourth-order valence-electron chi connectivity index (χ4n) is 1.38. The Morgan fingerprint density at radius 3 is 2.20 bits per heavy atom. The molecule has 0 aliphatic heterocycles. The molecule has 2 aromatic carbocycles. The summed E-state index contributed by atoms with van der Waals surface area (Å²) in [5, 5.41) is 0.